The van der Waals surface area contributed by atoms with Crippen LogP contribution in [0.25, 0.3) is 0 Å². The minimum absolute atomic E-state index is 0.0767. The van der Waals surface area contributed by atoms with E-state index in [2.05, 4.69) is 14.5 Å². The molecule has 0 radical (unpaired) electrons. The van der Waals surface area contributed by atoms with E-state index >= 15 is 0 Å². The van der Waals surface area contributed by atoms with Gasteiger partial charge in [0, 0.05) is 12.5 Å². The van der Waals surface area contributed by atoms with Crippen molar-refractivity contribution >= 4 is 29.3 Å². The highest BCUT2D eigenvalue weighted by Crippen LogP contribution is 2.24. The van der Waals surface area contributed by atoms with Gasteiger partial charge in [0.2, 0.25) is 0 Å². The fraction of sp³-hybridized carbons (Fsp3) is 0.333. The Kier molecular flexibility index (Phi) is 3.75. The SMILES string of the molecule is CCc1nsc(SCc2cc(C(=O)O)no2)n1. The molecule has 0 aliphatic heterocycles. The van der Waals surface area contributed by atoms with Gasteiger partial charge in [-0.15, -0.1) is 0 Å². The number of carbonyl (C=O) groups is 1. The third-order valence-corrected chi connectivity index (χ3v) is 3.78. The molecule has 0 aromatic carbocycles. The molecule has 0 saturated carbocycles. The fourth-order valence-corrected chi connectivity index (χ4v) is 2.63. The maximum Gasteiger partial charge on any atom is 0.358 e. The van der Waals surface area contributed by atoms with Crippen molar-refractivity contribution in [3.63, 3.8) is 0 Å². The Morgan fingerprint density at radius 3 is 3.06 bits per heavy atom. The molecule has 2 aromatic heterocycles. The van der Waals surface area contributed by atoms with E-state index in [0.29, 0.717) is 11.5 Å². The van der Waals surface area contributed by atoms with Crippen LogP contribution in [0.5, 0.6) is 0 Å². The fourth-order valence-electron chi connectivity index (χ4n) is 1.05. The van der Waals surface area contributed by atoms with Crippen LogP contribution in [0.3, 0.4) is 0 Å². The Morgan fingerprint density at radius 1 is 1.65 bits per heavy atom. The van der Waals surface area contributed by atoms with Crippen molar-refractivity contribution < 1.29 is 14.4 Å². The van der Waals surface area contributed by atoms with Crippen LogP contribution >= 0.6 is 23.3 Å². The minimum Gasteiger partial charge on any atom is -0.476 e. The summed E-state index contributed by atoms with van der Waals surface area (Å²) in [6, 6.07) is 1.41. The lowest BCUT2D eigenvalue weighted by Gasteiger charge is -1.90. The average molecular weight is 271 g/mol. The third kappa shape index (κ3) is 3.04. The maximum absolute atomic E-state index is 10.6. The largest absolute Gasteiger partial charge is 0.476 e. The molecule has 0 saturated heterocycles. The molecule has 0 amide bonds. The van der Waals surface area contributed by atoms with Crippen LogP contribution in [0.4, 0.5) is 0 Å². The number of aromatic carboxylic acids is 1. The third-order valence-electron chi connectivity index (χ3n) is 1.88. The number of carboxylic acids is 1. The van der Waals surface area contributed by atoms with Crippen molar-refractivity contribution in [1.82, 2.24) is 14.5 Å². The van der Waals surface area contributed by atoms with Crippen molar-refractivity contribution in [2.75, 3.05) is 0 Å². The summed E-state index contributed by atoms with van der Waals surface area (Å²) < 4.78 is 9.88. The first-order valence-electron chi connectivity index (χ1n) is 4.83. The van der Waals surface area contributed by atoms with Crippen molar-refractivity contribution in [2.45, 2.75) is 23.4 Å². The van der Waals surface area contributed by atoms with E-state index in [9.17, 15) is 4.79 Å². The zero-order valence-corrected chi connectivity index (χ0v) is 10.5. The molecule has 2 rings (SSSR count). The van der Waals surface area contributed by atoms with Crippen LogP contribution < -0.4 is 0 Å². The van der Waals surface area contributed by atoms with E-state index in [-0.39, 0.29) is 5.69 Å². The van der Waals surface area contributed by atoms with Crippen LogP contribution in [0, 0.1) is 0 Å². The molecule has 8 heteroatoms. The number of aryl methyl sites for hydroxylation is 1. The molecule has 0 aliphatic carbocycles. The zero-order chi connectivity index (χ0) is 12.3. The lowest BCUT2D eigenvalue weighted by molar-refractivity contribution is 0.0685. The second kappa shape index (κ2) is 5.28. The summed E-state index contributed by atoms with van der Waals surface area (Å²) in [4.78, 5) is 14.9. The summed E-state index contributed by atoms with van der Waals surface area (Å²) in [6.07, 6.45) is 0.808. The van der Waals surface area contributed by atoms with Gasteiger partial charge in [-0.3, -0.25) is 0 Å². The summed E-state index contributed by atoms with van der Waals surface area (Å²) in [6.45, 7) is 1.99. The average Bonchev–Trinajstić information content (AvgIpc) is 2.95. The summed E-state index contributed by atoms with van der Waals surface area (Å²) in [5, 5.41) is 12.1. The first-order valence-corrected chi connectivity index (χ1v) is 6.59. The predicted octanol–water partition coefficient (Wildman–Crippen LogP) is 2.08. The van der Waals surface area contributed by atoms with Gasteiger partial charge in [0.05, 0.1) is 5.75 Å². The van der Waals surface area contributed by atoms with Crippen LogP contribution in [0.15, 0.2) is 14.9 Å². The van der Waals surface area contributed by atoms with Crippen molar-refractivity contribution in [1.29, 1.82) is 0 Å². The van der Waals surface area contributed by atoms with Gasteiger partial charge in [-0.05, 0) is 11.5 Å². The molecule has 2 aromatic rings. The second-order valence-electron chi connectivity index (χ2n) is 3.10. The van der Waals surface area contributed by atoms with Gasteiger partial charge in [0.1, 0.15) is 11.6 Å². The highest BCUT2D eigenvalue weighted by Gasteiger charge is 2.11. The number of thioether (sulfide) groups is 1. The first-order chi connectivity index (χ1) is 8.19. The molecule has 1 N–H and O–H groups in total. The van der Waals surface area contributed by atoms with Crippen LogP contribution in [0.2, 0.25) is 0 Å². The lowest BCUT2D eigenvalue weighted by Crippen LogP contribution is -1.94. The monoisotopic (exact) mass is 271 g/mol. The molecule has 0 atom stereocenters. The van der Waals surface area contributed by atoms with Crippen molar-refractivity contribution in [3.05, 3.63) is 23.3 Å². The normalized spacial score (nSPS) is 10.6. The van der Waals surface area contributed by atoms with Crippen molar-refractivity contribution in [2.24, 2.45) is 0 Å². The van der Waals surface area contributed by atoms with Gasteiger partial charge < -0.3 is 9.63 Å². The van der Waals surface area contributed by atoms with Gasteiger partial charge in [0.15, 0.2) is 10.0 Å². The predicted molar refractivity (Wildman–Crippen MR) is 62.3 cm³/mol. The van der Waals surface area contributed by atoms with Crippen molar-refractivity contribution in [3.8, 4) is 0 Å². The molecule has 0 aliphatic rings. The van der Waals surface area contributed by atoms with E-state index in [0.717, 1.165) is 16.6 Å². The van der Waals surface area contributed by atoms with Gasteiger partial charge in [-0.25, -0.2) is 9.78 Å². The van der Waals surface area contributed by atoms with Gasteiger partial charge in [-0.1, -0.05) is 23.8 Å². The Labute approximate surface area is 105 Å². The molecule has 6 nitrogen and oxygen atoms in total. The smallest absolute Gasteiger partial charge is 0.358 e. The van der Waals surface area contributed by atoms with Crippen LogP contribution in [0.1, 0.15) is 29.0 Å². The van der Waals surface area contributed by atoms with Gasteiger partial charge in [-0.2, -0.15) is 4.37 Å². The molecule has 0 spiro atoms. The molecule has 0 fully saturated rings. The molecular formula is C9H9N3O3S2. The van der Waals surface area contributed by atoms with Crippen LogP contribution in [-0.4, -0.2) is 25.6 Å². The molecule has 0 bridgehead atoms. The van der Waals surface area contributed by atoms with E-state index in [1.54, 1.807) is 0 Å². The minimum atomic E-state index is -1.09. The summed E-state index contributed by atoms with van der Waals surface area (Å²) in [5.74, 6) is 0.745. The number of hydrogen-bond donors (Lipinski definition) is 1. The molecule has 90 valence electrons. The number of aromatic nitrogens is 3. The highest BCUT2D eigenvalue weighted by molar-refractivity contribution is 8.00. The Hall–Kier alpha value is -1.41. The van der Waals surface area contributed by atoms with E-state index in [1.807, 2.05) is 6.92 Å². The molecule has 17 heavy (non-hydrogen) atoms. The Morgan fingerprint density at radius 2 is 2.47 bits per heavy atom. The van der Waals surface area contributed by atoms with Gasteiger partial charge >= 0.3 is 5.97 Å². The van der Waals surface area contributed by atoms with E-state index in [4.69, 9.17) is 9.63 Å². The summed E-state index contributed by atoms with van der Waals surface area (Å²) in [7, 11) is 0. The van der Waals surface area contributed by atoms with E-state index < -0.39 is 5.97 Å². The molecule has 0 unspecified atom stereocenters. The maximum atomic E-state index is 10.6. The second-order valence-corrected chi connectivity index (χ2v) is 5.08. The van der Waals surface area contributed by atoms with E-state index in [1.165, 1.54) is 29.4 Å². The highest BCUT2D eigenvalue weighted by atomic mass is 32.2. The molecule has 2 heterocycles. The quantitative estimate of drug-likeness (QED) is 0.832. The number of nitrogens with zero attached hydrogens (tertiary/aromatic N) is 3. The number of hydrogen-bond acceptors (Lipinski definition) is 7. The first kappa shape index (κ1) is 12.1. The number of rotatable bonds is 5. The zero-order valence-electron chi connectivity index (χ0n) is 8.91. The standard InChI is InChI=1S/C9H9N3O3S2/c1-2-7-10-9(17-12-7)16-4-5-3-6(8(13)14)11-15-5/h3H,2,4H2,1H3,(H,13,14). The van der Waals surface area contributed by atoms with Gasteiger partial charge in [0.25, 0.3) is 0 Å². The topological polar surface area (TPSA) is 89.1 Å². The summed E-state index contributed by atoms with van der Waals surface area (Å²) in [5.41, 5.74) is -0.0767. The summed E-state index contributed by atoms with van der Waals surface area (Å²) >= 11 is 2.78. The van der Waals surface area contributed by atoms with Crippen LogP contribution in [-0.2, 0) is 12.2 Å². The lowest BCUT2D eigenvalue weighted by atomic mass is 10.4. The number of carboxylic acid groups (broad SMARTS) is 1. The molecular weight excluding hydrogens is 262 g/mol. The Balaban J connectivity index is 1.94. The Bertz CT molecular complexity index is 523.